The second kappa shape index (κ2) is 4.70. The third-order valence-corrected chi connectivity index (χ3v) is 0.908. The van der Waals surface area contributed by atoms with Gasteiger partial charge >= 0.3 is 0 Å². The number of carbonyl (C=O) groups excluding carboxylic acids is 3. The smallest absolute Gasteiger partial charge is 0.0715 e. The van der Waals surface area contributed by atoms with Crippen molar-refractivity contribution >= 4 is 17.9 Å². The normalized spacial score (nSPS) is 11.5. The van der Waals surface area contributed by atoms with Gasteiger partial charge in [-0.1, -0.05) is 6.08 Å². The van der Waals surface area contributed by atoms with E-state index in [1.165, 1.54) is 0 Å². The van der Waals surface area contributed by atoms with Crippen LogP contribution in [0.1, 0.15) is 0 Å². The molecule has 0 N–H and O–H groups in total. The topological polar surface area (TPSA) is 120 Å². The minimum atomic E-state index is -1.82. The largest absolute Gasteiger partial charge is 0.545 e. The number of rotatable bonds is 4. The highest BCUT2D eigenvalue weighted by Gasteiger charge is 1.92. The van der Waals surface area contributed by atoms with E-state index in [0.717, 1.165) is 0 Å². The molecule has 0 saturated carbocycles. The molecule has 0 aromatic rings. The summed E-state index contributed by atoms with van der Waals surface area (Å²) >= 11 is 0. The standard InChI is InChI=1S/C7H6O6/c8-5(9)2-1-4(7(12)13)3-6(10)11/h1-3H,(H,8,9)(H,10,11)(H,12,13)/p-3/b2-1-,4-3+. The highest BCUT2D eigenvalue weighted by Crippen LogP contribution is 1.93. The predicted molar refractivity (Wildman–Crippen MR) is 32.2 cm³/mol. The molecule has 0 aliphatic rings. The van der Waals surface area contributed by atoms with Crippen LogP contribution < -0.4 is 15.3 Å². The molecular formula is C7H3O6-3. The van der Waals surface area contributed by atoms with Gasteiger partial charge in [0.1, 0.15) is 0 Å². The Hall–Kier alpha value is -2.11. The van der Waals surface area contributed by atoms with Gasteiger partial charge in [0.25, 0.3) is 0 Å². The Balaban J connectivity index is 4.74. The Morgan fingerprint density at radius 1 is 0.846 bits per heavy atom. The molecule has 0 unspecified atom stereocenters. The molecule has 6 nitrogen and oxygen atoms in total. The fourth-order valence-corrected chi connectivity index (χ4v) is 0.460. The summed E-state index contributed by atoms with van der Waals surface area (Å²) in [7, 11) is 0. The van der Waals surface area contributed by atoms with Crippen molar-refractivity contribution in [3.63, 3.8) is 0 Å². The summed E-state index contributed by atoms with van der Waals surface area (Å²) in [6.45, 7) is 0. The number of hydrogen-bond acceptors (Lipinski definition) is 6. The van der Waals surface area contributed by atoms with Crippen LogP contribution in [0.3, 0.4) is 0 Å². The third kappa shape index (κ3) is 5.19. The predicted octanol–water partition coefficient (Wildman–Crippen LogP) is -4.28. The van der Waals surface area contributed by atoms with Crippen LogP contribution >= 0.6 is 0 Å². The minimum Gasteiger partial charge on any atom is -0.545 e. The number of carbonyl (C=O) groups is 3. The minimum absolute atomic E-state index is 0.203. The zero-order chi connectivity index (χ0) is 10.4. The van der Waals surface area contributed by atoms with E-state index in [0.29, 0.717) is 12.2 Å². The summed E-state index contributed by atoms with van der Waals surface area (Å²) in [4.78, 5) is 29.8. The van der Waals surface area contributed by atoms with Crippen LogP contribution in [0.4, 0.5) is 0 Å². The van der Waals surface area contributed by atoms with Gasteiger partial charge in [0.15, 0.2) is 0 Å². The Labute approximate surface area is 72.4 Å². The Kier molecular flexibility index (Phi) is 3.94. The van der Waals surface area contributed by atoms with Gasteiger partial charge in [0.2, 0.25) is 0 Å². The van der Waals surface area contributed by atoms with E-state index in [9.17, 15) is 29.7 Å². The van der Waals surface area contributed by atoms with E-state index in [1.807, 2.05) is 0 Å². The molecule has 0 radical (unpaired) electrons. The first-order valence-electron chi connectivity index (χ1n) is 2.96. The molecule has 0 fully saturated rings. The van der Waals surface area contributed by atoms with Gasteiger partial charge < -0.3 is 29.7 Å². The van der Waals surface area contributed by atoms with Gasteiger partial charge in [-0.15, -0.1) is 0 Å². The van der Waals surface area contributed by atoms with Crippen LogP contribution in [0.2, 0.25) is 0 Å². The van der Waals surface area contributed by atoms with Gasteiger partial charge in [-0.3, -0.25) is 0 Å². The maximum atomic E-state index is 10.1. The first kappa shape index (κ1) is 10.9. The van der Waals surface area contributed by atoms with E-state index in [1.54, 1.807) is 0 Å². The molecule has 0 heterocycles. The molecule has 6 heteroatoms. The summed E-state index contributed by atoms with van der Waals surface area (Å²) in [6.07, 6.45) is 1.10. The molecule has 0 aromatic carbocycles. The second-order valence-electron chi connectivity index (χ2n) is 1.86. The summed E-state index contributed by atoms with van der Waals surface area (Å²) in [6, 6.07) is 0. The summed E-state index contributed by atoms with van der Waals surface area (Å²) < 4.78 is 0. The van der Waals surface area contributed by atoms with Crippen LogP contribution in [-0.4, -0.2) is 17.9 Å². The average Bonchev–Trinajstić information content (AvgIpc) is 1.96. The van der Waals surface area contributed by atoms with Crippen LogP contribution in [0.25, 0.3) is 0 Å². The number of carboxylic acid groups (broad SMARTS) is 3. The third-order valence-electron chi connectivity index (χ3n) is 0.908. The van der Waals surface area contributed by atoms with Crippen molar-refractivity contribution in [3.8, 4) is 0 Å². The van der Waals surface area contributed by atoms with Gasteiger partial charge in [-0.2, -0.15) is 0 Å². The fourth-order valence-electron chi connectivity index (χ4n) is 0.460. The Morgan fingerprint density at radius 2 is 1.38 bits per heavy atom. The number of carboxylic acids is 3. The van der Waals surface area contributed by atoms with Crippen LogP contribution in [-0.2, 0) is 14.4 Å². The van der Waals surface area contributed by atoms with Crippen molar-refractivity contribution in [2.24, 2.45) is 0 Å². The number of aliphatic carboxylic acids is 3. The fraction of sp³-hybridized carbons (Fsp3) is 0. The van der Waals surface area contributed by atoms with E-state index >= 15 is 0 Å². The lowest BCUT2D eigenvalue weighted by molar-refractivity contribution is -0.302. The Bertz CT molecular complexity index is 298. The zero-order valence-corrected chi connectivity index (χ0v) is 6.18. The lowest BCUT2D eigenvalue weighted by Crippen LogP contribution is -2.27. The van der Waals surface area contributed by atoms with E-state index < -0.39 is 23.5 Å². The van der Waals surface area contributed by atoms with Crippen molar-refractivity contribution in [1.82, 2.24) is 0 Å². The lowest BCUT2D eigenvalue weighted by Gasteiger charge is -2.03. The first-order valence-corrected chi connectivity index (χ1v) is 2.96. The quantitative estimate of drug-likeness (QED) is 0.321. The summed E-state index contributed by atoms with van der Waals surface area (Å²) in [5.74, 6) is -5.23. The average molecular weight is 183 g/mol. The molecule has 0 bridgehead atoms. The molecule has 0 aliphatic carbocycles. The monoisotopic (exact) mass is 183 g/mol. The van der Waals surface area contributed by atoms with E-state index in [-0.39, 0.29) is 6.08 Å². The molecule has 0 saturated heterocycles. The zero-order valence-electron chi connectivity index (χ0n) is 6.18. The second-order valence-corrected chi connectivity index (χ2v) is 1.86. The van der Waals surface area contributed by atoms with Crippen LogP contribution in [0.5, 0.6) is 0 Å². The molecule has 13 heavy (non-hydrogen) atoms. The first-order chi connectivity index (χ1) is 5.93. The van der Waals surface area contributed by atoms with Gasteiger partial charge in [-0.05, 0) is 17.7 Å². The van der Waals surface area contributed by atoms with Crippen molar-refractivity contribution in [3.05, 3.63) is 23.8 Å². The molecule has 0 rings (SSSR count). The van der Waals surface area contributed by atoms with Crippen LogP contribution in [0.15, 0.2) is 23.8 Å². The highest BCUT2D eigenvalue weighted by atomic mass is 16.4. The van der Waals surface area contributed by atoms with Crippen molar-refractivity contribution in [2.45, 2.75) is 0 Å². The maximum absolute atomic E-state index is 10.1. The summed E-state index contributed by atoms with van der Waals surface area (Å²) in [5, 5.41) is 29.8. The molecule has 0 aliphatic heterocycles. The van der Waals surface area contributed by atoms with Crippen molar-refractivity contribution in [2.75, 3.05) is 0 Å². The van der Waals surface area contributed by atoms with Gasteiger partial charge in [-0.25, -0.2) is 0 Å². The van der Waals surface area contributed by atoms with Crippen LogP contribution in [0, 0.1) is 0 Å². The molecule has 0 aromatic heterocycles. The Morgan fingerprint density at radius 3 is 1.69 bits per heavy atom. The molecular weight excluding hydrogens is 180 g/mol. The maximum Gasteiger partial charge on any atom is 0.0715 e. The summed E-state index contributed by atoms with van der Waals surface area (Å²) in [5.41, 5.74) is -0.816. The highest BCUT2D eigenvalue weighted by molar-refractivity contribution is 5.96. The molecule has 70 valence electrons. The van der Waals surface area contributed by atoms with Crippen molar-refractivity contribution < 1.29 is 29.7 Å². The number of hydrogen-bond donors (Lipinski definition) is 0. The van der Waals surface area contributed by atoms with Gasteiger partial charge in [0, 0.05) is 0 Å². The van der Waals surface area contributed by atoms with E-state index in [2.05, 4.69) is 0 Å². The van der Waals surface area contributed by atoms with E-state index in [4.69, 9.17) is 0 Å². The SMILES string of the molecule is O=C([O-])/C=C\C(=C/C(=O)[O-])C(=O)[O-]. The molecule has 0 spiro atoms. The van der Waals surface area contributed by atoms with Crippen molar-refractivity contribution in [1.29, 1.82) is 0 Å². The lowest BCUT2D eigenvalue weighted by atomic mass is 10.2. The molecule has 0 amide bonds. The molecule has 0 atom stereocenters. The van der Waals surface area contributed by atoms with Gasteiger partial charge in [0.05, 0.1) is 17.9 Å².